The molecule has 0 spiro atoms. The maximum absolute atomic E-state index is 12.7. The molecule has 15 unspecified atom stereocenters. The largest absolute Gasteiger partial charge is 0.394 e. The molecule has 87 heavy (non-hydrogen) atoms. The minimum Gasteiger partial charge on any atom is -0.394 e. The van der Waals surface area contributed by atoms with Crippen molar-refractivity contribution in [2.24, 2.45) is 0 Å². The number of amides is 3. The zero-order valence-electron chi connectivity index (χ0n) is 47.2. The van der Waals surface area contributed by atoms with Crippen LogP contribution >= 0.6 is 0 Å². The molecule has 0 aromatic rings. The van der Waals surface area contributed by atoms with Crippen LogP contribution in [0.3, 0.4) is 0 Å². The Kier molecular flexibility index (Phi) is 25.6. The van der Waals surface area contributed by atoms with Crippen LogP contribution in [0, 0.1) is 0 Å². The first kappa shape index (κ1) is 71.6. The number of aliphatic hydroxyl groups is 19. The van der Waals surface area contributed by atoms with Gasteiger partial charge >= 0.3 is 0 Å². The molecular weight excluding hydrogens is 1190 g/mol. The molecule has 0 radical (unpaired) electrons. The maximum Gasteiger partial charge on any atom is 0.217 e. The first-order chi connectivity index (χ1) is 41.1. The highest BCUT2D eigenvalue weighted by Crippen LogP contribution is 2.37. The van der Waals surface area contributed by atoms with Gasteiger partial charge in [-0.2, -0.15) is 0 Å². The van der Waals surface area contributed by atoms with Gasteiger partial charge in [-0.15, -0.1) is 0 Å². The van der Waals surface area contributed by atoms with Gasteiger partial charge in [-0.1, -0.05) is 0 Å². The van der Waals surface area contributed by atoms with Gasteiger partial charge in [0.25, 0.3) is 0 Å². The molecule has 0 aliphatic carbocycles. The number of hydrogen-bond acceptors (Lipinski definition) is 35. The summed E-state index contributed by atoms with van der Waals surface area (Å²) in [6.45, 7) is -2.10. The second-order valence-electron chi connectivity index (χ2n) is 22.1. The number of ether oxygens (including phenoxy) is 13. The number of carbonyl (C=O) groups is 3. The Morgan fingerprint density at radius 3 is 1.03 bits per heavy atom. The lowest BCUT2D eigenvalue weighted by Gasteiger charge is -2.50. The number of rotatable bonds is 22. The van der Waals surface area contributed by atoms with Crippen LogP contribution in [0.5, 0.6) is 0 Å². The first-order valence-corrected chi connectivity index (χ1v) is 27.9. The van der Waals surface area contributed by atoms with Gasteiger partial charge in [-0.05, 0) is 6.92 Å². The number of carbonyl (C=O) groups excluding carboxylic acids is 3. The standard InChI is InChI=1S/C49H83N3O35/c1-12-23(50-13(2)59)30(66)39(19(8-56)76-12)83-44-24(51-14(3)60)31(67)41(21(10-58)80-44)85-48-38(74)42(86-47-37(73)34(70)27(63)17(6-54)78-47)29(65)22(82-48)11-75-49-43(35(71)28(64)18(7-55)79-49)87-45-25(52-15(4)61)32(68)40(20(9-57)81-45)84-46-36(72)33(69)26(62)16(5-53)77-46/h12,16-49,53-58,62-74H,5-11H2,1-4H3,(H,50,59)(H,51,60)(H,52,61)/t12-,16?,17-,18?,19?,20-,21?,22?,23?,24?,25?,26-,27?,28+,29+,30+,31+,32?,33-,34?,35-,36?,37?,38?,39+,40+,41+,42-,43?,44-,45-,46-,47+,48-,49-/m0/s1. The van der Waals surface area contributed by atoms with E-state index in [0.717, 1.165) is 20.8 Å². The van der Waals surface area contributed by atoms with Crippen LogP contribution in [0.25, 0.3) is 0 Å². The maximum atomic E-state index is 12.7. The van der Waals surface area contributed by atoms with Gasteiger partial charge in [0.2, 0.25) is 17.7 Å². The summed E-state index contributed by atoms with van der Waals surface area (Å²) in [6.07, 6.45) is -60.6. The fourth-order valence-electron chi connectivity index (χ4n) is 11.3. The van der Waals surface area contributed by atoms with Crippen molar-refractivity contribution in [1.82, 2.24) is 16.0 Å². The Hall–Kier alpha value is -2.87. The van der Waals surface area contributed by atoms with E-state index in [1.54, 1.807) is 0 Å². The topological polar surface area (TPSA) is 592 Å². The van der Waals surface area contributed by atoms with E-state index in [4.69, 9.17) is 61.6 Å². The van der Waals surface area contributed by atoms with E-state index >= 15 is 0 Å². The van der Waals surface area contributed by atoms with Gasteiger partial charge in [0.1, 0.15) is 165 Å². The van der Waals surface area contributed by atoms with Crippen molar-refractivity contribution in [1.29, 1.82) is 0 Å². The van der Waals surface area contributed by atoms with Crippen molar-refractivity contribution in [2.75, 3.05) is 46.2 Å². The molecule has 7 fully saturated rings. The van der Waals surface area contributed by atoms with Crippen LogP contribution in [0.2, 0.25) is 0 Å². The van der Waals surface area contributed by atoms with Crippen LogP contribution < -0.4 is 16.0 Å². The highest BCUT2D eigenvalue weighted by atomic mass is 16.8. The molecule has 0 aromatic heterocycles. The summed E-state index contributed by atoms with van der Waals surface area (Å²) in [5.74, 6) is -2.27. The normalized spacial score (nSPS) is 48.9. The van der Waals surface area contributed by atoms with Crippen molar-refractivity contribution in [2.45, 2.75) is 242 Å². The lowest BCUT2D eigenvalue weighted by molar-refractivity contribution is -0.388. The Morgan fingerprint density at radius 2 is 0.621 bits per heavy atom. The Labute approximate surface area is 494 Å². The van der Waals surface area contributed by atoms with E-state index in [1.807, 2.05) is 0 Å². The average molecular weight is 1270 g/mol. The van der Waals surface area contributed by atoms with Crippen molar-refractivity contribution < 1.29 is 173 Å². The van der Waals surface area contributed by atoms with Gasteiger partial charge in [0.05, 0.1) is 58.4 Å². The number of nitrogens with one attached hydrogen (secondary N) is 3. The molecule has 0 saturated carbocycles. The lowest BCUT2D eigenvalue weighted by Crippen LogP contribution is -2.70. The van der Waals surface area contributed by atoms with E-state index < -0.39 is 279 Å². The first-order valence-electron chi connectivity index (χ1n) is 27.9. The van der Waals surface area contributed by atoms with Crippen LogP contribution in [0.15, 0.2) is 0 Å². The third kappa shape index (κ3) is 15.8. The molecule has 38 nitrogen and oxygen atoms in total. The molecule has 7 heterocycles. The third-order valence-corrected chi connectivity index (χ3v) is 16.0. The molecule has 7 saturated heterocycles. The predicted octanol–water partition coefficient (Wildman–Crippen LogP) is -14.8. The monoisotopic (exact) mass is 1270 g/mol. The average Bonchev–Trinajstić information content (AvgIpc) is 3.58. The smallest absolute Gasteiger partial charge is 0.217 e. The number of hydrogen-bond donors (Lipinski definition) is 22. The molecule has 504 valence electrons. The molecule has 38 heteroatoms. The van der Waals surface area contributed by atoms with Crippen molar-refractivity contribution in [3.8, 4) is 0 Å². The highest BCUT2D eigenvalue weighted by Gasteiger charge is 2.58. The fraction of sp³-hybridized carbons (Fsp3) is 0.939. The van der Waals surface area contributed by atoms with E-state index in [9.17, 15) is 111 Å². The molecule has 0 bridgehead atoms. The van der Waals surface area contributed by atoms with Gasteiger partial charge in [-0.3, -0.25) is 14.4 Å². The molecule has 35 atom stereocenters. The minimum absolute atomic E-state index is 0.578. The minimum atomic E-state index is -2.32. The van der Waals surface area contributed by atoms with E-state index in [1.165, 1.54) is 6.92 Å². The summed E-state index contributed by atoms with van der Waals surface area (Å²) in [5.41, 5.74) is 0. The molecule has 7 aliphatic rings. The second kappa shape index (κ2) is 31.2. The second-order valence-corrected chi connectivity index (χ2v) is 22.1. The molecule has 7 aliphatic heterocycles. The summed E-state index contributed by atoms with van der Waals surface area (Å²) in [4.78, 5) is 37.5. The van der Waals surface area contributed by atoms with E-state index in [0.29, 0.717) is 0 Å². The number of aliphatic hydroxyl groups excluding tert-OH is 19. The molecule has 3 amide bonds. The van der Waals surface area contributed by atoms with Crippen LogP contribution in [0.4, 0.5) is 0 Å². The van der Waals surface area contributed by atoms with E-state index in [-0.39, 0.29) is 0 Å². The summed E-state index contributed by atoms with van der Waals surface area (Å²) in [7, 11) is 0. The van der Waals surface area contributed by atoms with Crippen LogP contribution in [0.1, 0.15) is 27.7 Å². The summed E-state index contributed by atoms with van der Waals surface area (Å²) >= 11 is 0. The van der Waals surface area contributed by atoms with Gasteiger partial charge in [0, 0.05) is 20.8 Å². The van der Waals surface area contributed by atoms with Gasteiger partial charge in [0.15, 0.2) is 37.7 Å². The quantitative estimate of drug-likeness (QED) is 0.0479. The lowest BCUT2D eigenvalue weighted by atomic mass is 9.92. The van der Waals surface area contributed by atoms with Gasteiger partial charge < -0.3 is 175 Å². The molecule has 22 N–H and O–H groups in total. The Bertz CT molecular complexity index is 2180. The SMILES string of the molecule is CC(=O)NC1C(O)[C@H](O[C@@H]2OC(CO)[C@H](O)[C@H](O)C2O)[C@H](CO)O[C@H]1OC1[C@@H](OCC2O[C@@H](O[C@@H]3C(CO)O[C@@H](O[C@@H]4C(CO)O[C@@H](C)C(NC(C)=O)[C@H]4O)C(NC(C)=O)[C@H]3O)C(O)[C@@H](O[C@H]3O[C@@H](CO)C(O)C(O)C3O)[C@@H]2O)OC(CO)[C@@H](O)[C@@H]1O. The summed E-state index contributed by atoms with van der Waals surface area (Å²) in [5, 5.41) is 214. The zero-order valence-corrected chi connectivity index (χ0v) is 47.2. The summed E-state index contributed by atoms with van der Waals surface area (Å²) in [6, 6.07) is -4.66. The van der Waals surface area contributed by atoms with E-state index in [2.05, 4.69) is 16.0 Å². The van der Waals surface area contributed by atoms with Gasteiger partial charge in [-0.25, -0.2) is 0 Å². The Morgan fingerprint density at radius 1 is 0.310 bits per heavy atom. The predicted molar refractivity (Wildman–Crippen MR) is 270 cm³/mol. The Balaban J connectivity index is 1.17. The molecule has 7 rings (SSSR count). The van der Waals surface area contributed by atoms with Crippen LogP contribution in [-0.4, -0.2) is 376 Å². The van der Waals surface area contributed by atoms with Crippen molar-refractivity contribution >= 4 is 17.7 Å². The van der Waals surface area contributed by atoms with Crippen LogP contribution in [-0.2, 0) is 76.0 Å². The molecule has 0 aromatic carbocycles. The fourth-order valence-corrected chi connectivity index (χ4v) is 11.3. The van der Waals surface area contributed by atoms with Crippen molar-refractivity contribution in [3.63, 3.8) is 0 Å². The van der Waals surface area contributed by atoms with Crippen molar-refractivity contribution in [3.05, 3.63) is 0 Å². The third-order valence-electron chi connectivity index (χ3n) is 16.0. The molecular formula is C49H83N3O35. The highest BCUT2D eigenvalue weighted by molar-refractivity contribution is 5.74. The zero-order chi connectivity index (χ0) is 64.2. The summed E-state index contributed by atoms with van der Waals surface area (Å²) < 4.78 is 76.2.